The van der Waals surface area contributed by atoms with Crippen molar-refractivity contribution in [2.45, 2.75) is 45.6 Å². The molecule has 0 amide bonds. The van der Waals surface area contributed by atoms with E-state index >= 15 is 0 Å². The van der Waals surface area contributed by atoms with Crippen LogP contribution in [-0.2, 0) is 0 Å². The fourth-order valence-electron chi connectivity index (χ4n) is 3.65. The summed E-state index contributed by atoms with van der Waals surface area (Å²) in [7, 11) is 2.28. The minimum atomic E-state index is 0.597. The summed E-state index contributed by atoms with van der Waals surface area (Å²) in [5.41, 5.74) is 0.597. The molecule has 18 heavy (non-hydrogen) atoms. The average molecular weight is 253 g/mol. The van der Waals surface area contributed by atoms with Crippen LogP contribution in [0.5, 0.6) is 0 Å². The van der Waals surface area contributed by atoms with Gasteiger partial charge in [0.05, 0.1) is 0 Å². The monoisotopic (exact) mass is 253 g/mol. The van der Waals surface area contributed by atoms with Crippen molar-refractivity contribution in [1.29, 1.82) is 0 Å². The molecule has 0 spiro atoms. The SMILES string of the molecule is CCC1CN(CC2(CC)CCNCC2)CCN1C. The van der Waals surface area contributed by atoms with E-state index in [2.05, 4.69) is 36.0 Å². The maximum atomic E-state index is 3.51. The van der Waals surface area contributed by atoms with E-state index in [1.807, 2.05) is 0 Å². The molecule has 1 N–H and O–H groups in total. The van der Waals surface area contributed by atoms with Crippen LogP contribution in [0.3, 0.4) is 0 Å². The standard InChI is InChI=1S/C15H31N3/c1-4-14-12-18(11-10-17(14)3)13-15(5-2)6-8-16-9-7-15/h14,16H,4-13H2,1-3H3. The summed E-state index contributed by atoms with van der Waals surface area (Å²) in [6.07, 6.45) is 5.37. The fraction of sp³-hybridized carbons (Fsp3) is 1.00. The highest BCUT2D eigenvalue weighted by molar-refractivity contribution is 4.89. The molecule has 1 atom stereocenters. The van der Waals surface area contributed by atoms with Gasteiger partial charge in [0, 0.05) is 32.2 Å². The highest BCUT2D eigenvalue weighted by Gasteiger charge is 2.34. The smallest absolute Gasteiger partial charge is 0.0218 e. The van der Waals surface area contributed by atoms with E-state index in [1.165, 1.54) is 65.0 Å². The molecule has 106 valence electrons. The summed E-state index contributed by atoms with van der Waals surface area (Å²) < 4.78 is 0. The molecule has 3 heteroatoms. The molecule has 0 aromatic carbocycles. The number of likely N-dealkylation sites (N-methyl/N-ethyl adjacent to an activating group) is 1. The molecule has 0 aliphatic carbocycles. The summed E-state index contributed by atoms with van der Waals surface area (Å²) >= 11 is 0. The summed E-state index contributed by atoms with van der Waals surface area (Å²) in [6.45, 7) is 12.3. The predicted molar refractivity (Wildman–Crippen MR) is 78.0 cm³/mol. The number of piperidine rings is 1. The van der Waals surface area contributed by atoms with Crippen LogP contribution in [0.15, 0.2) is 0 Å². The topological polar surface area (TPSA) is 18.5 Å². The molecule has 2 aliphatic rings. The molecule has 2 heterocycles. The van der Waals surface area contributed by atoms with Gasteiger partial charge in [0.2, 0.25) is 0 Å². The lowest BCUT2D eigenvalue weighted by Gasteiger charge is -2.45. The fourth-order valence-corrected chi connectivity index (χ4v) is 3.65. The van der Waals surface area contributed by atoms with Crippen molar-refractivity contribution in [3.63, 3.8) is 0 Å². The zero-order valence-electron chi connectivity index (χ0n) is 12.5. The summed E-state index contributed by atoms with van der Waals surface area (Å²) in [5.74, 6) is 0. The van der Waals surface area contributed by atoms with E-state index in [1.54, 1.807) is 0 Å². The van der Waals surface area contributed by atoms with Crippen LogP contribution in [-0.4, -0.2) is 62.2 Å². The summed E-state index contributed by atoms with van der Waals surface area (Å²) in [5, 5.41) is 3.51. The largest absolute Gasteiger partial charge is 0.317 e. The van der Waals surface area contributed by atoms with Gasteiger partial charge in [-0.2, -0.15) is 0 Å². The van der Waals surface area contributed by atoms with Crippen LogP contribution in [0.1, 0.15) is 39.5 Å². The van der Waals surface area contributed by atoms with Crippen molar-refractivity contribution in [1.82, 2.24) is 15.1 Å². The van der Waals surface area contributed by atoms with Crippen molar-refractivity contribution >= 4 is 0 Å². The Balaban J connectivity index is 1.91. The van der Waals surface area contributed by atoms with Crippen LogP contribution in [0.4, 0.5) is 0 Å². The number of hydrogen-bond acceptors (Lipinski definition) is 3. The van der Waals surface area contributed by atoms with Gasteiger partial charge in [0.25, 0.3) is 0 Å². The van der Waals surface area contributed by atoms with Gasteiger partial charge in [-0.15, -0.1) is 0 Å². The molecule has 3 nitrogen and oxygen atoms in total. The second-order valence-corrected chi connectivity index (χ2v) is 6.38. The highest BCUT2D eigenvalue weighted by atomic mass is 15.3. The number of rotatable bonds is 4. The van der Waals surface area contributed by atoms with Crippen molar-refractivity contribution < 1.29 is 0 Å². The van der Waals surface area contributed by atoms with E-state index in [-0.39, 0.29) is 0 Å². The first-order valence-corrected chi connectivity index (χ1v) is 7.82. The molecular formula is C15H31N3. The number of nitrogens with one attached hydrogen (secondary N) is 1. The minimum absolute atomic E-state index is 0.597. The first-order valence-electron chi connectivity index (χ1n) is 7.82. The molecule has 2 aliphatic heterocycles. The maximum Gasteiger partial charge on any atom is 0.0218 e. The molecular weight excluding hydrogens is 222 g/mol. The van der Waals surface area contributed by atoms with E-state index in [4.69, 9.17) is 0 Å². The first-order chi connectivity index (χ1) is 8.69. The van der Waals surface area contributed by atoms with Gasteiger partial charge in [-0.1, -0.05) is 13.8 Å². The Labute approximate surface area is 113 Å². The Morgan fingerprint density at radius 1 is 1.17 bits per heavy atom. The summed E-state index contributed by atoms with van der Waals surface area (Å²) in [6, 6.07) is 0.773. The van der Waals surface area contributed by atoms with Gasteiger partial charge >= 0.3 is 0 Å². The number of nitrogens with zero attached hydrogens (tertiary/aromatic N) is 2. The van der Waals surface area contributed by atoms with Crippen LogP contribution >= 0.6 is 0 Å². The quantitative estimate of drug-likeness (QED) is 0.824. The molecule has 0 radical (unpaired) electrons. The summed E-state index contributed by atoms with van der Waals surface area (Å²) in [4.78, 5) is 5.28. The molecule has 2 rings (SSSR count). The van der Waals surface area contributed by atoms with Gasteiger partial charge in [-0.3, -0.25) is 4.90 Å². The zero-order valence-corrected chi connectivity index (χ0v) is 12.5. The Bertz CT molecular complexity index is 248. The van der Waals surface area contributed by atoms with E-state index in [0.29, 0.717) is 5.41 Å². The van der Waals surface area contributed by atoms with Crippen LogP contribution < -0.4 is 5.32 Å². The van der Waals surface area contributed by atoms with E-state index in [0.717, 1.165) is 6.04 Å². The third kappa shape index (κ3) is 3.25. The Morgan fingerprint density at radius 2 is 1.89 bits per heavy atom. The van der Waals surface area contributed by atoms with Crippen molar-refractivity contribution in [2.24, 2.45) is 5.41 Å². The molecule has 0 aromatic heterocycles. The van der Waals surface area contributed by atoms with Gasteiger partial charge in [-0.25, -0.2) is 0 Å². The van der Waals surface area contributed by atoms with Gasteiger partial charge < -0.3 is 10.2 Å². The lowest BCUT2D eigenvalue weighted by atomic mass is 9.76. The van der Waals surface area contributed by atoms with Crippen molar-refractivity contribution in [2.75, 3.05) is 46.3 Å². The number of hydrogen-bond donors (Lipinski definition) is 1. The maximum absolute atomic E-state index is 3.51. The lowest BCUT2D eigenvalue weighted by Crippen LogP contribution is -2.54. The molecule has 0 bridgehead atoms. The molecule has 2 saturated heterocycles. The van der Waals surface area contributed by atoms with Crippen LogP contribution in [0.25, 0.3) is 0 Å². The second-order valence-electron chi connectivity index (χ2n) is 6.38. The Kier molecular flexibility index (Phi) is 5.05. The minimum Gasteiger partial charge on any atom is -0.317 e. The zero-order chi connectivity index (χ0) is 13.0. The second kappa shape index (κ2) is 6.36. The first kappa shape index (κ1) is 14.3. The van der Waals surface area contributed by atoms with Crippen LogP contribution in [0.2, 0.25) is 0 Å². The van der Waals surface area contributed by atoms with E-state index in [9.17, 15) is 0 Å². The van der Waals surface area contributed by atoms with Crippen LogP contribution in [0, 0.1) is 5.41 Å². The van der Waals surface area contributed by atoms with Gasteiger partial charge in [0.15, 0.2) is 0 Å². The van der Waals surface area contributed by atoms with Gasteiger partial charge in [0.1, 0.15) is 0 Å². The third-order valence-electron chi connectivity index (χ3n) is 5.31. The average Bonchev–Trinajstić information content (AvgIpc) is 2.42. The Hall–Kier alpha value is -0.120. The predicted octanol–water partition coefficient (Wildman–Crippen LogP) is 1.79. The number of piperazine rings is 1. The van der Waals surface area contributed by atoms with Gasteiger partial charge in [-0.05, 0) is 51.2 Å². The third-order valence-corrected chi connectivity index (χ3v) is 5.31. The van der Waals surface area contributed by atoms with Crippen molar-refractivity contribution in [3.8, 4) is 0 Å². The van der Waals surface area contributed by atoms with Crippen molar-refractivity contribution in [3.05, 3.63) is 0 Å². The molecule has 1 unspecified atom stereocenters. The highest BCUT2D eigenvalue weighted by Crippen LogP contribution is 2.34. The molecule has 0 saturated carbocycles. The Morgan fingerprint density at radius 3 is 2.50 bits per heavy atom. The van der Waals surface area contributed by atoms with E-state index < -0.39 is 0 Å². The molecule has 2 fully saturated rings. The normalized spacial score (nSPS) is 30.5. The lowest BCUT2D eigenvalue weighted by molar-refractivity contribution is 0.0419. The molecule has 0 aromatic rings.